The second-order valence-corrected chi connectivity index (χ2v) is 7.66. The number of fused-ring (bicyclic) bond motifs is 1. The summed E-state index contributed by atoms with van der Waals surface area (Å²) < 4.78 is 5.93. The third-order valence-corrected chi connectivity index (χ3v) is 5.76. The Balaban J connectivity index is 1.20. The fraction of sp³-hybridized carbons (Fsp3) is 0.435. The van der Waals surface area contributed by atoms with Crippen LogP contribution in [-0.4, -0.2) is 68.6 Å². The van der Waals surface area contributed by atoms with Gasteiger partial charge in [0.15, 0.2) is 0 Å². The molecule has 5 heteroatoms. The van der Waals surface area contributed by atoms with Crippen molar-refractivity contribution in [1.82, 2.24) is 9.80 Å². The number of para-hydroxylation sites is 1. The number of rotatable bonds is 6. The van der Waals surface area contributed by atoms with Crippen LogP contribution in [0, 0.1) is 0 Å². The zero-order valence-electron chi connectivity index (χ0n) is 16.6. The predicted molar refractivity (Wildman–Crippen MR) is 112 cm³/mol. The Morgan fingerprint density at radius 3 is 2.54 bits per heavy atom. The number of carbonyl (C=O) groups is 1. The van der Waals surface area contributed by atoms with Crippen molar-refractivity contribution in [3.8, 4) is 5.75 Å². The number of piperazine rings is 1. The van der Waals surface area contributed by atoms with E-state index in [1.165, 1.54) is 5.69 Å². The Hall–Kier alpha value is -2.53. The van der Waals surface area contributed by atoms with Gasteiger partial charge in [0.2, 0.25) is 0 Å². The lowest BCUT2D eigenvalue weighted by Gasteiger charge is -2.36. The number of ether oxygens (including phenoxy) is 1. The number of carbonyl (C=O) groups excluding carboxylic acids is 1. The lowest BCUT2D eigenvalue weighted by molar-refractivity contribution is 0.0780. The number of amides is 1. The summed E-state index contributed by atoms with van der Waals surface area (Å²) in [6.45, 7) is 6.86. The molecule has 2 aromatic rings. The predicted octanol–water partition coefficient (Wildman–Crippen LogP) is 2.91. The highest BCUT2D eigenvalue weighted by Gasteiger charge is 2.22. The summed E-state index contributed by atoms with van der Waals surface area (Å²) in [5.41, 5.74) is 3.24. The number of hydrogen-bond donors (Lipinski definition) is 0. The lowest BCUT2D eigenvalue weighted by atomic mass is 9.99. The van der Waals surface area contributed by atoms with Crippen molar-refractivity contribution in [1.29, 1.82) is 0 Å². The molecular formula is C23H29N3O2. The van der Waals surface area contributed by atoms with Gasteiger partial charge < -0.3 is 14.5 Å². The van der Waals surface area contributed by atoms with E-state index >= 15 is 0 Å². The third-order valence-electron chi connectivity index (χ3n) is 5.76. The van der Waals surface area contributed by atoms with Crippen LogP contribution in [0.4, 0.5) is 5.69 Å². The molecular weight excluding hydrogens is 350 g/mol. The minimum atomic E-state index is 0.1000. The zero-order chi connectivity index (χ0) is 19.3. The van der Waals surface area contributed by atoms with Gasteiger partial charge in [0.25, 0.3) is 5.91 Å². The molecule has 0 spiro atoms. The molecule has 1 fully saturated rings. The first kappa shape index (κ1) is 18.8. The molecule has 4 rings (SSSR count). The quantitative estimate of drug-likeness (QED) is 0.723. The molecule has 0 unspecified atom stereocenters. The van der Waals surface area contributed by atoms with E-state index in [9.17, 15) is 4.79 Å². The van der Waals surface area contributed by atoms with Crippen LogP contribution in [0.5, 0.6) is 5.75 Å². The molecule has 2 heterocycles. The number of benzene rings is 2. The van der Waals surface area contributed by atoms with Gasteiger partial charge in [-0.2, -0.15) is 0 Å². The normalized spacial score (nSPS) is 17.5. The topological polar surface area (TPSA) is 36.0 Å². The molecule has 0 aliphatic carbocycles. The van der Waals surface area contributed by atoms with Crippen molar-refractivity contribution in [3.05, 3.63) is 59.7 Å². The van der Waals surface area contributed by atoms with E-state index in [2.05, 4.69) is 40.1 Å². The van der Waals surface area contributed by atoms with Crippen LogP contribution in [0.3, 0.4) is 0 Å². The maximum atomic E-state index is 12.3. The van der Waals surface area contributed by atoms with Crippen molar-refractivity contribution in [3.63, 3.8) is 0 Å². The molecule has 0 radical (unpaired) electrons. The van der Waals surface area contributed by atoms with Gasteiger partial charge in [-0.05, 0) is 42.7 Å². The first-order chi connectivity index (χ1) is 13.7. The van der Waals surface area contributed by atoms with Crippen molar-refractivity contribution in [2.45, 2.75) is 12.8 Å². The molecule has 0 N–H and O–H groups in total. The largest absolute Gasteiger partial charge is 0.494 e. The van der Waals surface area contributed by atoms with Crippen LogP contribution in [0.15, 0.2) is 48.5 Å². The molecule has 2 aromatic carbocycles. The summed E-state index contributed by atoms with van der Waals surface area (Å²) in [7, 11) is 1.86. The number of likely N-dealkylation sites (N-methyl/N-ethyl adjacent to an activating group) is 1. The minimum absolute atomic E-state index is 0.1000. The smallest absolute Gasteiger partial charge is 0.254 e. The molecule has 5 nitrogen and oxygen atoms in total. The van der Waals surface area contributed by atoms with Gasteiger partial charge in [0, 0.05) is 57.6 Å². The van der Waals surface area contributed by atoms with E-state index < -0.39 is 0 Å². The van der Waals surface area contributed by atoms with Gasteiger partial charge in [-0.3, -0.25) is 9.69 Å². The Bertz CT molecular complexity index is 801. The monoisotopic (exact) mass is 379 g/mol. The Kier molecular flexibility index (Phi) is 5.81. The van der Waals surface area contributed by atoms with Crippen LogP contribution < -0.4 is 9.64 Å². The average molecular weight is 380 g/mol. The first-order valence-corrected chi connectivity index (χ1v) is 10.2. The molecule has 0 saturated carbocycles. The maximum absolute atomic E-state index is 12.3. The highest BCUT2D eigenvalue weighted by atomic mass is 16.5. The molecule has 0 atom stereocenters. The summed E-state index contributed by atoms with van der Waals surface area (Å²) in [5, 5.41) is 0. The zero-order valence-corrected chi connectivity index (χ0v) is 16.6. The lowest BCUT2D eigenvalue weighted by Crippen LogP contribution is -2.46. The van der Waals surface area contributed by atoms with Gasteiger partial charge in [0.1, 0.15) is 5.75 Å². The van der Waals surface area contributed by atoms with Crippen molar-refractivity contribution in [2.75, 3.05) is 57.8 Å². The van der Waals surface area contributed by atoms with E-state index in [0.717, 1.165) is 69.0 Å². The Morgan fingerprint density at radius 2 is 1.75 bits per heavy atom. The number of anilines is 1. The van der Waals surface area contributed by atoms with Gasteiger partial charge in [-0.25, -0.2) is 0 Å². The molecule has 28 heavy (non-hydrogen) atoms. The molecule has 1 amide bonds. The molecule has 0 aromatic heterocycles. The summed E-state index contributed by atoms with van der Waals surface area (Å²) in [6.07, 6.45) is 1.92. The standard InChI is InChI=1S/C23H29N3O2/c1-24-12-10-19-8-9-21(18-22(19)23(24)27)28-17-5-11-25-13-15-26(16-14-25)20-6-3-2-4-7-20/h2-4,6-9,18H,5,10-17H2,1H3. The van der Waals surface area contributed by atoms with Crippen molar-refractivity contribution < 1.29 is 9.53 Å². The molecule has 2 aliphatic heterocycles. The van der Waals surface area contributed by atoms with E-state index in [1.807, 2.05) is 25.2 Å². The fourth-order valence-corrected chi connectivity index (χ4v) is 4.00. The van der Waals surface area contributed by atoms with Crippen LogP contribution in [0.1, 0.15) is 22.3 Å². The van der Waals surface area contributed by atoms with Crippen LogP contribution >= 0.6 is 0 Å². The van der Waals surface area contributed by atoms with E-state index in [0.29, 0.717) is 6.61 Å². The maximum Gasteiger partial charge on any atom is 0.254 e. The minimum Gasteiger partial charge on any atom is -0.494 e. The fourth-order valence-electron chi connectivity index (χ4n) is 4.00. The van der Waals surface area contributed by atoms with Crippen molar-refractivity contribution in [2.24, 2.45) is 0 Å². The van der Waals surface area contributed by atoms with E-state index in [4.69, 9.17) is 4.74 Å². The molecule has 2 aliphatic rings. The van der Waals surface area contributed by atoms with Crippen LogP contribution in [0.2, 0.25) is 0 Å². The SMILES string of the molecule is CN1CCc2ccc(OCCCN3CCN(c4ccccc4)CC3)cc2C1=O. The average Bonchev–Trinajstić information content (AvgIpc) is 2.75. The van der Waals surface area contributed by atoms with Crippen LogP contribution in [0.25, 0.3) is 0 Å². The van der Waals surface area contributed by atoms with E-state index in [-0.39, 0.29) is 5.91 Å². The summed E-state index contributed by atoms with van der Waals surface area (Å²) in [6, 6.07) is 16.6. The molecule has 148 valence electrons. The third kappa shape index (κ3) is 4.30. The summed E-state index contributed by atoms with van der Waals surface area (Å²) in [5.74, 6) is 0.902. The second-order valence-electron chi connectivity index (χ2n) is 7.66. The highest BCUT2D eigenvalue weighted by molar-refractivity contribution is 5.97. The van der Waals surface area contributed by atoms with E-state index in [1.54, 1.807) is 4.90 Å². The van der Waals surface area contributed by atoms with Crippen molar-refractivity contribution >= 4 is 11.6 Å². The summed E-state index contributed by atoms with van der Waals surface area (Å²) in [4.78, 5) is 19.0. The molecule has 1 saturated heterocycles. The second kappa shape index (κ2) is 8.65. The van der Waals surface area contributed by atoms with Crippen LogP contribution in [-0.2, 0) is 6.42 Å². The Labute approximate surface area is 167 Å². The Morgan fingerprint density at radius 1 is 0.964 bits per heavy atom. The first-order valence-electron chi connectivity index (χ1n) is 10.2. The number of nitrogens with zero attached hydrogens (tertiary/aromatic N) is 3. The van der Waals surface area contributed by atoms with Gasteiger partial charge in [0.05, 0.1) is 6.61 Å². The molecule has 0 bridgehead atoms. The summed E-state index contributed by atoms with van der Waals surface area (Å²) >= 11 is 0. The van der Waals surface area contributed by atoms with Gasteiger partial charge in [-0.15, -0.1) is 0 Å². The number of hydrogen-bond acceptors (Lipinski definition) is 4. The van der Waals surface area contributed by atoms with Gasteiger partial charge >= 0.3 is 0 Å². The van der Waals surface area contributed by atoms with Gasteiger partial charge in [-0.1, -0.05) is 24.3 Å². The highest BCUT2D eigenvalue weighted by Crippen LogP contribution is 2.23.